The number of halogens is 1. The fraction of sp³-hybridized carbons (Fsp3) is 0. The highest BCUT2D eigenvalue weighted by atomic mass is 32.2. The van der Waals surface area contributed by atoms with Crippen molar-refractivity contribution in [2.24, 2.45) is 5.73 Å². The number of nitrogen functional groups attached to an aromatic ring is 1. The molecule has 0 fully saturated rings. The lowest BCUT2D eigenvalue weighted by Gasteiger charge is -2.06. The van der Waals surface area contributed by atoms with E-state index in [1.165, 1.54) is 4.72 Å². The van der Waals surface area contributed by atoms with Crippen LogP contribution in [-0.4, -0.2) is 14.4 Å². The zero-order valence-corrected chi connectivity index (χ0v) is 8.21. The van der Waals surface area contributed by atoms with E-state index in [0.717, 1.165) is 12.1 Å². The van der Waals surface area contributed by atoms with Crippen LogP contribution in [0, 0.1) is 5.82 Å². The summed E-state index contributed by atoms with van der Waals surface area (Å²) in [5, 5.41) is 0. The lowest BCUT2D eigenvalue weighted by atomic mass is 10.3. The monoisotopic (exact) mass is 233 g/mol. The quantitative estimate of drug-likeness (QED) is 0.611. The number of rotatable bonds is 2. The molecule has 1 aromatic rings. The number of carbonyl (C=O) groups is 1. The molecule has 0 heterocycles. The van der Waals surface area contributed by atoms with Gasteiger partial charge in [0.05, 0.1) is 5.69 Å². The summed E-state index contributed by atoms with van der Waals surface area (Å²) in [7, 11) is -4.20. The summed E-state index contributed by atoms with van der Waals surface area (Å²) in [4.78, 5) is 9.86. The largest absolute Gasteiger partial charge is 0.398 e. The van der Waals surface area contributed by atoms with Crippen LogP contribution < -0.4 is 16.2 Å². The van der Waals surface area contributed by atoms with Crippen molar-refractivity contribution in [3.05, 3.63) is 24.0 Å². The van der Waals surface area contributed by atoms with Crippen molar-refractivity contribution in [1.82, 2.24) is 4.72 Å². The summed E-state index contributed by atoms with van der Waals surface area (Å²) in [5.74, 6) is -0.783. The van der Waals surface area contributed by atoms with Gasteiger partial charge in [0.25, 0.3) is 10.0 Å². The number of hydrogen-bond donors (Lipinski definition) is 3. The van der Waals surface area contributed by atoms with Crippen molar-refractivity contribution in [3.8, 4) is 0 Å². The molecule has 0 saturated carbocycles. The van der Waals surface area contributed by atoms with E-state index < -0.39 is 26.8 Å². The Balaban J connectivity index is 3.26. The molecule has 1 rings (SSSR count). The van der Waals surface area contributed by atoms with E-state index in [-0.39, 0.29) is 5.69 Å². The van der Waals surface area contributed by atoms with Gasteiger partial charge in [0.1, 0.15) is 10.7 Å². The number of sulfonamides is 1. The normalized spacial score (nSPS) is 11.0. The second-order valence-corrected chi connectivity index (χ2v) is 4.30. The molecule has 0 radical (unpaired) electrons. The molecule has 0 aliphatic rings. The first-order valence-electron chi connectivity index (χ1n) is 3.70. The van der Waals surface area contributed by atoms with Crippen molar-refractivity contribution in [2.45, 2.75) is 4.90 Å². The first-order chi connectivity index (χ1) is 6.83. The zero-order valence-electron chi connectivity index (χ0n) is 7.40. The maximum Gasteiger partial charge on any atom is 0.326 e. The van der Waals surface area contributed by atoms with Gasteiger partial charge in [0.15, 0.2) is 0 Å². The summed E-state index contributed by atoms with van der Waals surface area (Å²) in [6.07, 6.45) is 0. The molecule has 82 valence electrons. The third kappa shape index (κ3) is 2.56. The molecule has 15 heavy (non-hydrogen) atoms. The van der Waals surface area contributed by atoms with Gasteiger partial charge in [-0.2, -0.15) is 0 Å². The fourth-order valence-corrected chi connectivity index (χ4v) is 1.95. The Morgan fingerprint density at radius 3 is 2.53 bits per heavy atom. The van der Waals surface area contributed by atoms with Crippen molar-refractivity contribution in [2.75, 3.05) is 5.73 Å². The van der Waals surface area contributed by atoms with E-state index in [0.29, 0.717) is 6.07 Å². The van der Waals surface area contributed by atoms with Gasteiger partial charge in [-0.1, -0.05) is 0 Å². The first-order valence-corrected chi connectivity index (χ1v) is 5.18. The van der Waals surface area contributed by atoms with E-state index in [9.17, 15) is 17.6 Å². The fourth-order valence-electron chi connectivity index (χ4n) is 0.928. The minimum absolute atomic E-state index is 0.176. The van der Waals surface area contributed by atoms with Gasteiger partial charge in [-0.25, -0.2) is 22.3 Å². The average Bonchev–Trinajstić information content (AvgIpc) is 2.06. The van der Waals surface area contributed by atoms with Gasteiger partial charge < -0.3 is 11.5 Å². The highest BCUT2D eigenvalue weighted by molar-refractivity contribution is 7.90. The van der Waals surface area contributed by atoms with E-state index in [4.69, 9.17) is 5.73 Å². The summed E-state index contributed by atoms with van der Waals surface area (Å²) in [6, 6.07) is 1.50. The van der Waals surface area contributed by atoms with Crippen LogP contribution in [0.2, 0.25) is 0 Å². The predicted octanol–water partition coefficient (Wildman–Crippen LogP) is -0.235. The number of primary amides is 1. The highest BCUT2D eigenvalue weighted by Crippen LogP contribution is 2.18. The summed E-state index contributed by atoms with van der Waals surface area (Å²) >= 11 is 0. The SMILES string of the molecule is NC(=O)NS(=O)(=O)c1cc(F)ccc1N. The molecular weight excluding hydrogens is 225 g/mol. The van der Waals surface area contributed by atoms with Crippen molar-refractivity contribution >= 4 is 21.7 Å². The van der Waals surface area contributed by atoms with Crippen LogP contribution in [-0.2, 0) is 10.0 Å². The number of urea groups is 1. The molecule has 6 nitrogen and oxygen atoms in total. The van der Waals surface area contributed by atoms with E-state index in [1.54, 1.807) is 0 Å². The molecule has 2 amide bonds. The molecule has 0 aromatic heterocycles. The predicted molar refractivity (Wildman–Crippen MR) is 50.7 cm³/mol. The number of benzene rings is 1. The summed E-state index contributed by atoms with van der Waals surface area (Å²) < 4.78 is 36.9. The molecule has 1 aromatic carbocycles. The minimum atomic E-state index is -4.20. The lowest BCUT2D eigenvalue weighted by Crippen LogP contribution is -2.35. The molecule has 5 N–H and O–H groups in total. The second kappa shape index (κ2) is 3.73. The van der Waals surface area contributed by atoms with Crippen LogP contribution in [0.5, 0.6) is 0 Å². The zero-order chi connectivity index (χ0) is 11.6. The Labute approximate surface area is 85.1 Å². The van der Waals surface area contributed by atoms with Gasteiger partial charge >= 0.3 is 6.03 Å². The van der Waals surface area contributed by atoms with Crippen LogP contribution in [0.4, 0.5) is 14.9 Å². The number of hydrogen-bond acceptors (Lipinski definition) is 4. The molecule has 0 saturated heterocycles. The Bertz CT molecular complexity index is 500. The molecular formula is C7H8FN3O3S. The topological polar surface area (TPSA) is 115 Å². The van der Waals surface area contributed by atoms with E-state index in [2.05, 4.69) is 5.73 Å². The van der Waals surface area contributed by atoms with Crippen molar-refractivity contribution in [1.29, 1.82) is 0 Å². The van der Waals surface area contributed by atoms with Crippen LogP contribution in [0.25, 0.3) is 0 Å². The standard InChI is InChI=1S/C7H8FN3O3S/c8-4-1-2-5(9)6(3-4)15(13,14)11-7(10)12/h1-3H,9H2,(H3,10,11,12). The number of nitrogens with one attached hydrogen (secondary N) is 1. The summed E-state index contributed by atoms with van der Waals surface area (Å²) in [6.45, 7) is 0. The number of carbonyl (C=O) groups excluding carboxylic acids is 1. The molecule has 0 bridgehead atoms. The minimum Gasteiger partial charge on any atom is -0.398 e. The number of nitrogens with two attached hydrogens (primary N) is 2. The Hall–Kier alpha value is -1.83. The summed E-state index contributed by atoms with van der Waals surface area (Å²) in [5.41, 5.74) is 9.78. The second-order valence-electron chi connectivity index (χ2n) is 2.65. The van der Waals surface area contributed by atoms with Crippen LogP contribution in [0.3, 0.4) is 0 Å². The average molecular weight is 233 g/mol. The first kappa shape index (κ1) is 11.2. The molecule has 0 unspecified atom stereocenters. The third-order valence-corrected chi connectivity index (χ3v) is 2.90. The molecule has 0 aliphatic heterocycles. The Kier molecular flexibility index (Phi) is 2.80. The lowest BCUT2D eigenvalue weighted by molar-refractivity contribution is 0.253. The van der Waals surface area contributed by atoms with Crippen LogP contribution >= 0.6 is 0 Å². The van der Waals surface area contributed by atoms with Gasteiger partial charge in [-0.05, 0) is 18.2 Å². The number of anilines is 1. The van der Waals surface area contributed by atoms with Gasteiger partial charge in [0, 0.05) is 0 Å². The van der Waals surface area contributed by atoms with E-state index >= 15 is 0 Å². The maximum atomic E-state index is 12.8. The molecule has 0 spiro atoms. The molecule has 8 heteroatoms. The van der Waals surface area contributed by atoms with Crippen LogP contribution in [0.1, 0.15) is 0 Å². The Morgan fingerprint density at radius 1 is 1.40 bits per heavy atom. The molecule has 0 aliphatic carbocycles. The smallest absolute Gasteiger partial charge is 0.326 e. The van der Waals surface area contributed by atoms with Gasteiger partial charge in [-0.3, -0.25) is 0 Å². The van der Waals surface area contributed by atoms with Crippen LogP contribution in [0.15, 0.2) is 23.1 Å². The van der Waals surface area contributed by atoms with E-state index in [1.807, 2.05) is 0 Å². The van der Waals surface area contributed by atoms with Gasteiger partial charge in [0.2, 0.25) is 0 Å². The third-order valence-electron chi connectivity index (χ3n) is 1.50. The Morgan fingerprint density at radius 2 is 2.00 bits per heavy atom. The molecule has 0 atom stereocenters. The highest BCUT2D eigenvalue weighted by Gasteiger charge is 2.19. The van der Waals surface area contributed by atoms with Gasteiger partial charge in [-0.15, -0.1) is 0 Å². The van der Waals surface area contributed by atoms with Crippen molar-refractivity contribution in [3.63, 3.8) is 0 Å². The maximum absolute atomic E-state index is 12.8. The van der Waals surface area contributed by atoms with Crippen molar-refractivity contribution < 1.29 is 17.6 Å². The number of amides is 2.